The second-order valence-corrected chi connectivity index (χ2v) is 6.05. The maximum atomic E-state index is 11.2. The van der Waals surface area contributed by atoms with Crippen LogP contribution in [0.3, 0.4) is 0 Å². The molecule has 0 aromatic carbocycles. The summed E-state index contributed by atoms with van der Waals surface area (Å²) in [6, 6.07) is 0. The fraction of sp³-hybridized carbons (Fsp3) is 0.750. The lowest BCUT2D eigenvalue weighted by atomic mass is 10.1. The Balaban J connectivity index is 3.17. The van der Waals surface area contributed by atoms with Gasteiger partial charge in [0.15, 0.2) is 9.84 Å². The van der Waals surface area contributed by atoms with Crippen LogP contribution in [0.2, 0.25) is 0 Å². The molecular formula is C8H12O2S. The third-order valence-electron chi connectivity index (χ3n) is 2.53. The second-order valence-electron chi connectivity index (χ2n) is 3.80. The van der Waals surface area contributed by atoms with Gasteiger partial charge >= 0.3 is 0 Å². The van der Waals surface area contributed by atoms with Crippen LogP contribution in [-0.2, 0) is 9.84 Å². The van der Waals surface area contributed by atoms with Gasteiger partial charge in [-0.25, -0.2) is 8.42 Å². The molecule has 1 saturated carbocycles. The minimum atomic E-state index is -3.09. The summed E-state index contributed by atoms with van der Waals surface area (Å²) >= 11 is 0. The second kappa shape index (κ2) is 1.81. The summed E-state index contributed by atoms with van der Waals surface area (Å²) in [5, 5.41) is 0. The molecule has 0 bridgehead atoms. The van der Waals surface area contributed by atoms with Crippen LogP contribution >= 0.6 is 0 Å². The van der Waals surface area contributed by atoms with Crippen LogP contribution in [-0.4, -0.2) is 19.4 Å². The Bertz CT molecular complexity index is 318. The average Bonchev–Trinajstić information content (AvgIpc) is 2.33. The van der Waals surface area contributed by atoms with Crippen molar-refractivity contribution in [3.8, 4) is 12.3 Å². The Morgan fingerprint density at radius 2 is 1.82 bits per heavy atom. The quantitative estimate of drug-likeness (QED) is 0.549. The van der Waals surface area contributed by atoms with Gasteiger partial charge in [-0.15, -0.1) is 6.42 Å². The van der Waals surface area contributed by atoms with Gasteiger partial charge in [-0.3, -0.25) is 0 Å². The third kappa shape index (κ3) is 0.893. The summed E-state index contributed by atoms with van der Waals surface area (Å²) in [7, 11) is -3.09. The molecule has 1 unspecified atom stereocenters. The van der Waals surface area contributed by atoms with Crippen molar-refractivity contribution in [2.75, 3.05) is 6.26 Å². The first-order chi connectivity index (χ1) is 4.77. The molecule has 0 amide bonds. The zero-order chi connectivity index (χ0) is 8.91. The molecule has 0 saturated heterocycles. The molecular weight excluding hydrogens is 160 g/mol. The molecule has 0 aliphatic heterocycles. The molecule has 1 aliphatic rings. The van der Waals surface area contributed by atoms with Crippen molar-refractivity contribution in [2.45, 2.75) is 25.0 Å². The molecule has 1 aliphatic carbocycles. The Hall–Kier alpha value is -0.490. The van der Waals surface area contributed by atoms with Crippen LogP contribution in [0.5, 0.6) is 0 Å². The van der Waals surface area contributed by atoms with E-state index in [1.165, 1.54) is 6.26 Å². The van der Waals surface area contributed by atoms with E-state index in [9.17, 15) is 8.42 Å². The Morgan fingerprint density at radius 1 is 1.45 bits per heavy atom. The molecule has 1 atom stereocenters. The molecule has 3 heteroatoms. The molecule has 0 heterocycles. The number of rotatable bonds is 1. The Kier molecular flexibility index (Phi) is 1.42. The fourth-order valence-corrected chi connectivity index (χ4v) is 3.41. The highest BCUT2D eigenvalue weighted by Gasteiger charge is 2.67. The Morgan fingerprint density at radius 3 is 1.82 bits per heavy atom. The first-order valence-corrected chi connectivity index (χ1v) is 5.33. The number of hydrogen-bond donors (Lipinski definition) is 0. The SMILES string of the molecule is C#CC1(S(C)(=O)=O)CC1(C)C. The van der Waals surface area contributed by atoms with E-state index >= 15 is 0 Å². The standard InChI is InChI=1S/C8H12O2S/c1-5-8(11(4,9)10)6-7(8,2)3/h1H,6H2,2-4H3. The van der Waals surface area contributed by atoms with Crippen LogP contribution in [0.25, 0.3) is 0 Å². The number of hydrogen-bond acceptors (Lipinski definition) is 2. The molecule has 0 aromatic rings. The summed E-state index contributed by atoms with van der Waals surface area (Å²) in [5.74, 6) is 2.39. The average molecular weight is 172 g/mol. The van der Waals surface area contributed by atoms with Gasteiger partial charge in [-0.2, -0.15) is 0 Å². The summed E-state index contributed by atoms with van der Waals surface area (Å²) < 4.78 is 21.6. The smallest absolute Gasteiger partial charge is 0.164 e. The predicted octanol–water partition coefficient (Wildman–Crippen LogP) is 0.833. The van der Waals surface area contributed by atoms with Crippen LogP contribution in [0, 0.1) is 17.8 Å². The van der Waals surface area contributed by atoms with Crippen LogP contribution < -0.4 is 0 Å². The number of sulfone groups is 1. The van der Waals surface area contributed by atoms with Gasteiger partial charge < -0.3 is 0 Å². The molecule has 1 fully saturated rings. The van der Waals surface area contributed by atoms with Gasteiger partial charge in [0.05, 0.1) is 0 Å². The van der Waals surface area contributed by atoms with Crippen molar-refractivity contribution in [1.29, 1.82) is 0 Å². The van der Waals surface area contributed by atoms with Gasteiger partial charge in [0.1, 0.15) is 4.75 Å². The van der Waals surface area contributed by atoms with E-state index in [2.05, 4.69) is 5.92 Å². The molecule has 0 radical (unpaired) electrons. The van der Waals surface area contributed by atoms with Gasteiger partial charge in [0.2, 0.25) is 0 Å². The summed E-state index contributed by atoms with van der Waals surface area (Å²) in [4.78, 5) is 0. The van der Waals surface area contributed by atoms with Crippen molar-refractivity contribution in [3.05, 3.63) is 0 Å². The van der Waals surface area contributed by atoms with Gasteiger partial charge in [-0.05, 0) is 11.8 Å². The fourth-order valence-electron chi connectivity index (χ4n) is 1.56. The monoisotopic (exact) mass is 172 g/mol. The van der Waals surface area contributed by atoms with Gasteiger partial charge in [0, 0.05) is 6.26 Å². The van der Waals surface area contributed by atoms with Crippen molar-refractivity contribution in [2.24, 2.45) is 5.41 Å². The summed E-state index contributed by atoms with van der Waals surface area (Å²) in [6.07, 6.45) is 7.00. The maximum absolute atomic E-state index is 11.2. The third-order valence-corrected chi connectivity index (χ3v) is 4.61. The highest BCUT2D eigenvalue weighted by atomic mass is 32.2. The van der Waals surface area contributed by atoms with E-state index < -0.39 is 14.6 Å². The van der Waals surface area contributed by atoms with E-state index in [1.807, 2.05) is 13.8 Å². The van der Waals surface area contributed by atoms with Gasteiger partial charge in [-0.1, -0.05) is 19.8 Å². The topological polar surface area (TPSA) is 34.1 Å². The van der Waals surface area contributed by atoms with Crippen molar-refractivity contribution >= 4 is 9.84 Å². The highest BCUT2D eigenvalue weighted by Crippen LogP contribution is 2.59. The minimum Gasteiger partial charge on any atom is -0.228 e. The molecule has 0 spiro atoms. The predicted molar refractivity (Wildman–Crippen MR) is 44.8 cm³/mol. The molecule has 62 valence electrons. The van der Waals surface area contributed by atoms with E-state index in [4.69, 9.17) is 6.42 Å². The first kappa shape index (κ1) is 8.61. The molecule has 2 nitrogen and oxygen atoms in total. The lowest BCUT2D eigenvalue weighted by Crippen LogP contribution is -2.25. The zero-order valence-electron chi connectivity index (χ0n) is 7.01. The summed E-state index contributed by atoms with van der Waals surface area (Å²) in [6.45, 7) is 3.77. The largest absolute Gasteiger partial charge is 0.228 e. The highest BCUT2D eigenvalue weighted by molar-refractivity contribution is 7.92. The molecule has 1 rings (SSSR count). The van der Waals surface area contributed by atoms with Crippen LogP contribution in [0.4, 0.5) is 0 Å². The van der Waals surface area contributed by atoms with Crippen LogP contribution in [0.1, 0.15) is 20.3 Å². The zero-order valence-corrected chi connectivity index (χ0v) is 7.83. The maximum Gasteiger partial charge on any atom is 0.164 e. The number of terminal acetylenes is 1. The van der Waals surface area contributed by atoms with Crippen molar-refractivity contribution < 1.29 is 8.42 Å². The van der Waals surface area contributed by atoms with Crippen LogP contribution in [0.15, 0.2) is 0 Å². The van der Waals surface area contributed by atoms with E-state index in [0.29, 0.717) is 6.42 Å². The van der Waals surface area contributed by atoms with Gasteiger partial charge in [0.25, 0.3) is 0 Å². The van der Waals surface area contributed by atoms with E-state index in [0.717, 1.165) is 0 Å². The Labute approximate surface area is 67.9 Å². The molecule has 11 heavy (non-hydrogen) atoms. The van der Waals surface area contributed by atoms with E-state index in [1.54, 1.807) is 0 Å². The van der Waals surface area contributed by atoms with Crippen molar-refractivity contribution in [1.82, 2.24) is 0 Å². The lowest BCUT2D eigenvalue weighted by Gasteiger charge is -2.10. The lowest BCUT2D eigenvalue weighted by molar-refractivity contribution is 0.567. The van der Waals surface area contributed by atoms with E-state index in [-0.39, 0.29) is 5.41 Å². The van der Waals surface area contributed by atoms with Crippen molar-refractivity contribution in [3.63, 3.8) is 0 Å². The normalized spacial score (nSPS) is 34.4. The minimum absolute atomic E-state index is 0.227. The molecule has 0 aromatic heterocycles. The molecule has 0 N–H and O–H groups in total. The summed E-state index contributed by atoms with van der Waals surface area (Å²) in [5.41, 5.74) is -0.227. The first-order valence-electron chi connectivity index (χ1n) is 3.44.